The van der Waals surface area contributed by atoms with Crippen LogP contribution in [-0.4, -0.2) is 29.7 Å². The van der Waals surface area contributed by atoms with Crippen molar-refractivity contribution in [1.29, 1.82) is 0 Å². The topological polar surface area (TPSA) is 47.0 Å². The summed E-state index contributed by atoms with van der Waals surface area (Å²) in [7, 11) is 1.90. The highest BCUT2D eigenvalue weighted by molar-refractivity contribution is 5.15. The fourth-order valence-electron chi connectivity index (χ4n) is 1.28. The Hall–Kier alpha value is -1.16. The lowest BCUT2D eigenvalue weighted by Gasteiger charge is -2.13. The summed E-state index contributed by atoms with van der Waals surface area (Å²) in [6, 6.07) is 1.85. The van der Waals surface area contributed by atoms with Crippen molar-refractivity contribution in [3.8, 4) is 5.88 Å². The van der Waals surface area contributed by atoms with Crippen LogP contribution >= 0.6 is 0 Å². The summed E-state index contributed by atoms with van der Waals surface area (Å²) < 4.78 is 5.60. The largest absolute Gasteiger partial charge is 0.473 e. The first kappa shape index (κ1) is 10.9. The van der Waals surface area contributed by atoms with Crippen molar-refractivity contribution < 1.29 is 4.74 Å². The van der Waals surface area contributed by atoms with E-state index >= 15 is 0 Å². The van der Waals surface area contributed by atoms with Crippen molar-refractivity contribution in [2.75, 3.05) is 13.6 Å². The van der Waals surface area contributed by atoms with Crippen LogP contribution in [0.4, 0.5) is 0 Å². The van der Waals surface area contributed by atoms with Crippen LogP contribution < -0.4 is 10.1 Å². The van der Waals surface area contributed by atoms with E-state index in [1.807, 2.05) is 33.9 Å². The molecule has 0 aliphatic carbocycles. The number of aryl methyl sites for hydroxylation is 2. The first-order chi connectivity index (χ1) is 6.61. The van der Waals surface area contributed by atoms with E-state index in [0.717, 1.165) is 18.1 Å². The van der Waals surface area contributed by atoms with Crippen LogP contribution in [0.25, 0.3) is 0 Å². The second kappa shape index (κ2) is 4.91. The minimum Gasteiger partial charge on any atom is -0.473 e. The van der Waals surface area contributed by atoms with Crippen LogP contribution in [0.1, 0.15) is 18.4 Å². The van der Waals surface area contributed by atoms with E-state index in [1.54, 1.807) is 0 Å². The highest BCUT2D eigenvalue weighted by atomic mass is 16.5. The second-order valence-electron chi connectivity index (χ2n) is 3.38. The van der Waals surface area contributed by atoms with E-state index < -0.39 is 0 Å². The van der Waals surface area contributed by atoms with E-state index in [4.69, 9.17) is 4.74 Å². The molecule has 0 radical (unpaired) electrons. The lowest BCUT2D eigenvalue weighted by molar-refractivity contribution is 0.211. The van der Waals surface area contributed by atoms with Crippen LogP contribution in [0.5, 0.6) is 5.88 Å². The molecule has 1 rings (SSSR count). The smallest absolute Gasteiger partial charge is 0.217 e. The van der Waals surface area contributed by atoms with Gasteiger partial charge in [0, 0.05) is 18.3 Å². The average molecular weight is 195 g/mol. The first-order valence-electron chi connectivity index (χ1n) is 4.75. The molecule has 0 saturated heterocycles. The van der Waals surface area contributed by atoms with Gasteiger partial charge in [-0.3, -0.25) is 0 Å². The monoisotopic (exact) mass is 195 g/mol. The molecule has 0 aliphatic rings. The Labute approximate surface area is 84.7 Å². The van der Waals surface area contributed by atoms with Gasteiger partial charge in [-0.1, -0.05) is 0 Å². The molecule has 0 spiro atoms. The van der Waals surface area contributed by atoms with Crippen LogP contribution in [0, 0.1) is 13.8 Å². The van der Waals surface area contributed by atoms with Gasteiger partial charge in [0.05, 0.1) is 0 Å². The first-order valence-corrected chi connectivity index (χ1v) is 4.75. The maximum atomic E-state index is 5.60. The van der Waals surface area contributed by atoms with Gasteiger partial charge in [0.1, 0.15) is 11.9 Å². The van der Waals surface area contributed by atoms with E-state index in [1.165, 1.54) is 0 Å². The lowest BCUT2D eigenvalue weighted by atomic mass is 10.4. The fourth-order valence-corrected chi connectivity index (χ4v) is 1.28. The maximum Gasteiger partial charge on any atom is 0.217 e. The van der Waals surface area contributed by atoms with Gasteiger partial charge in [-0.25, -0.2) is 4.98 Å². The number of aromatic nitrogens is 2. The van der Waals surface area contributed by atoms with Crippen molar-refractivity contribution in [2.45, 2.75) is 26.9 Å². The predicted molar refractivity (Wildman–Crippen MR) is 55.5 cm³/mol. The third kappa shape index (κ3) is 3.30. The summed E-state index contributed by atoms with van der Waals surface area (Å²) in [5, 5.41) is 3.05. The molecule has 1 aromatic heterocycles. The standard InChI is InChI=1S/C10H17N3O/c1-7-5-10(13-9(3)12-7)14-8(2)6-11-4/h5,8,11H,6H2,1-4H3. The van der Waals surface area contributed by atoms with E-state index in [0.29, 0.717) is 5.88 Å². The number of rotatable bonds is 4. The molecular formula is C10H17N3O. The molecule has 14 heavy (non-hydrogen) atoms. The highest BCUT2D eigenvalue weighted by Gasteiger charge is 2.04. The van der Waals surface area contributed by atoms with Crippen molar-refractivity contribution in [2.24, 2.45) is 0 Å². The lowest BCUT2D eigenvalue weighted by Crippen LogP contribution is -2.26. The molecule has 0 amide bonds. The van der Waals surface area contributed by atoms with Gasteiger partial charge in [0.25, 0.3) is 0 Å². The van der Waals surface area contributed by atoms with E-state index in [-0.39, 0.29) is 6.10 Å². The number of hydrogen-bond acceptors (Lipinski definition) is 4. The Morgan fingerprint density at radius 1 is 1.43 bits per heavy atom. The van der Waals surface area contributed by atoms with Crippen LogP contribution in [-0.2, 0) is 0 Å². The molecule has 1 atom stereocenters. The summed E-state index contributed by atoms with van der Waals surface area (Å²) in [6.45, 7) is 6.61. The molecule has 0 aliphatic heterocycles. The van der Waals surface area contributed by atoms with Gasteiger partial charge >= 0.3 is 0 Å². The Morgan fingerprint density at radius 2 is 2.14 bits per heavy atom. The molecule has 1 heterocycles. The molecule has 78 valence electrons. The second-order valence-corrected chi connectivity index (χ2v) is 3.38. The predicted octanol–water partition coefficient (Wildman–Crippen LogP) is 1.08. The zero-order chi connectivity index (χ0) is 10.6. The van der Waals surface area contributed by atoms with Crippen LogP contribution in [0.15, 0.2) is 6.07 Å². The summed E-state index contributed by atoms with van der Waals surface area (Å²) in [4.78, 5) is 8.38. The molecule has 1 N–H and O–H groups in total. The number of nitrogens with one attached hydrogen (secondary N) is 1. The molecule has 0 fully saturated rings. The zero-order valence-corrected chi connectivity index (χ0v) is 9.16. The van der Waals surface area contributed by atoms with Gasteiger partial charge in [-0.05, 0) is 27.8 Å². The quantitative estimate of drug-likeness (QED) is 0.781. The van der Waals surface area contributed by atoms with Gasteiger partial charge in [0.15, 0.2) is 0 Å². The molecule has 4 nitrogen and oxygen atoms in total. The summed E-state index contributed by atoms with van der Waals surface area (Å²) in [5.41, 5.74) is 0.934. The minimum absolute atomic E-state index is 0.119. The highest BCUT2D eigenvalue weighted by Crippen LogP contribution is 2.09. The van der Waals surface area contributed by atoms with Gasteiger partial charge in [0.2, 0.25) is 5.88 Å². The number of likely N-dealkylation sites (N-methyl/N-ethyl adjacent to an activating group) is 1. The number of ether oxygens (including phenoxy) is 1. The summed E-state index contributed by atoms with van der Waals surface area (Å²) in [5.74, 6) is 1.40. The molecular weight excluding hydrogens is 178 g/mol. The molecule has 4 heteroatoms. The average Bonchev–Trinajstić information content (AvgIpc) is 2.01. The summed E-state index contributed by atoms with van der Waals surface area (Å²) >= 11 is 0. The Balaban J connectivity index is 2.66. The Morgan fingerprint density at radius 3 is 2.71 bits per heavy atom. The van der Waals surface area contributed by atoms with Gasteiger partial charge < -0.3 is 10.1 Å². The Bertz CT molecular complexity index is 281. The molecule has 0 aromatic carbocycles. The fraction of sp³-hybridized carbons (Fsp3) is 0.600. The van der Waals surface area contributed by atoms with Crippen LogP contribution in [0.3, 0.4) is 0 Å². The SMILES string of the molecule is CNCC(C)Oc1cc(C)nc(C)n1. The normalized spacial score (nSPS) is 12.6. The van der Waals surface area contributed by atoms with Crippen molar-refractivity contribution in [3.63, 3.8) is 0 Å². The molecule has 0 saturated carbocycles. The Kier molecular flexibility index (Phi) is 3.83. The van der Waals surface area contributed by atoms with Gasteiger partial charge in [-0.15, -0.1) is 0 Å². The summed E-state index contributed by atoms with van der Waals surface area (Å²) in [6.07, 6.45) is 0.119. The third-order valence-corrected chi connectivity index (χ3v) is 1.76. The van der Waals surface area contributed by atoms with Crippen molar-refractivity contribution >= 4 is 0 Å². The maximum absolute atomic E-state index is 5.60. The van der Waals surface area contributed by atoms with E-state index in [2.05, 4.69) is 15.3 Å². The zero-order valence-electron chi connectivity index (χ0n) is 9.16. The van der Waals surface area contributed by atoms with Crippen molar-refractivity contribution in [1.82, 2.24) is 15.3 Å². The minimum atomic E-state index is 0.119. The number of hydrogen-bond donors (Lipinski definition) is 1. The van der Waals surface area contributed by atoms with Crippen LogP contribution in [0.2, 0.25) is 0 Å². The molecule has 0 bridgehead atoms. The van der Waals surface area contributed by atoms with E-state index in [9.17, 15) is 0 Å². The molecule has 1 unspecified atom stereocenters. The number of nitrogens with zero attached hydrogens (tertiary/aromatic N) is 2. The van der Waals surface area contributed by atoms with Crippen molar-refractivity contribution in [3.05, 3.63) is 17.6 Å². The third-order valence-electron chi connectivity index (χ3n) is 1.76. The van der Waals surface area contributed by atoms with Gasteiger partial charge in [-0.2, -0.15) is 4.98 Å². The molecule has 1 aromatic rings.